The third-order valence-electron chi connectivity index (χ3n) is 5.03. The molecule has 160 valence electrons. The zero-order chi connectivity index (χ0) is 22.2. The number of furan rings is 1. The summed E-state index contributed by atoms with van der Waals surface area (Å²) < 4.78 is 13.4. The molecule has 1 aliphatic heterocycles. The number of fused-ring (bicyclic) bond motifs is 3. The Bertz CT molecular complexity index is 1310. The Kier molecular flexibility index (Phi) is 5.44. The molecule has 0 saturated carbocycles. The fraction of sp³-hybridized carbons (Fsp3) is 0.130. The average Bonchev–Trinajstić information content (AvgIpc) is 3.24. The van der Waals surface area contributed by atoms with E-state index in [0.29, 0.717) is 39.5 Å². The first-order valence-corrected chi connectivity index (χ1v) is 11.8. The van der Waals surface area contributed by atoms with Gasteiger partial charge in [0.1, 0.15) is 5.76 Å². The van der Waals surface area contributed by atoms with Crippen LogP contribution >= 0.6 is 27.7 Å². The summed E-state index contributed by atoms with van der Waals surface area (Å²) in [5.41, 5.74) is 2.76. The molecule has 5 rings (SSSR count). The van der Waals surface area contributed by atoms with E-state index in [9.17, 15) is 4.79 Å². The van der Waals surface area contributed by atoms with Crippen LogP contribution in [-0.2, 0) is 4.79 Å². The van der Waals surface area contributed by atoms with E-state index in [4.69, 9.17) is 9.15 Å². The average molecular weight is 509 g/mol. The third-order valence-corrected chi connectivity index (χ3v) is 6.10. The maximum Gasteiger partial charge on any atom is 0.247 e. The molecule has 0 fully saturated rings. The summed E-state index contributed by atoms with van der Waals surface area (Å²) in [6.45, 7) is 1.49. The Morgan fingerprint density at radius 2 is 1.84 bits per heavy atom. The number of ether oxygens (including phenoxy) is 1. The fourth-order valence-electron chi connectivity index (χ4n) is 3.58. The van der Waals surface area contributed by atoms with Crippen LogP contribution in [0.3, 0.4) is 0 Å². The number of aromatic nitrogens is 3. The van der Waals surface area contributed by atoms with Crippen molar-refractivity contribution >= 4 is 39.3 Å². The summed E-state index contributed by atoms with van der Waals surface area (Å²) in [5.74, 6) is 1.25. The molecule has 9 heteroatoms. The minimum absolute atomic E-state index is 0.199. The molecule has 1 amide bonds. The predicted octanol–water partition coefficient (Wildman–Crippen LogP) is 5.73. The van der Waals surface area contributed by atoms with Crippen molar-refractivity contribution in [3.63, 3.8) is 0 Å². The number of carbonyl (C=O) groups is 1. The largest absolute Gasteiger partial charge is 0.455 e. The van der Waals surface area contributed by atoms with Gasteiger partial charge in [-0.2, -0.15) is 4.98 Å². The molecule has 2 aromatic heterocycles. The Morgan fingerprint density at radius 3 is 2.59 bits per heavy atom. The lowest BCUT2D eigenvalue weighted by Gasteiger charge is -2.28. The van der Waals surface area contributed by atoms with Gasteiger partial charge in [0, 0.05) is 22.5 Å². The van der Waals surface area contributed by atoms with Gasteiger partial charge in [0.15, 0.2) is 11.5 Å². The number of rotatable bonds is 3. The SMILES string of the molecule is CSc1nnc2c(n1)O[C@H](c1ccc(-c3ccc(Br)cc3)o1)N(C(C)=O)c1ccccc1-2. The monoisotopic (exact) mass is 508 g/mol. The van der Waals surface area contributed by atoms with Gasteiger partial charge < -0.3 is 9.15 Å². The Hall–Kier alpha value is -3.17. The molecule has 0 bridgehead atoms. The minimum Gasteiger partial charge on any atom is -0.455 e. The maximum absolute atomic E-state index is 12.8. The number of carbonyl (C=O) groups excluding carboxylic acids is 1. The van der Waals surface area contributed by atoms with Crippen molar-refractivity contribution in [2.24, 2.45) is 0 Å². The molecular formula is C23H17BrN4O3S. The first-order chi connectivity index (χ1) is 15.5. The van der Waals surface area contributed by atoms with Gasteiger partial charge in [-0.1, -0.05) is 58.0 Å². The van der Waals surface area contributed by atoms with Crippen LogP contribution in [0.5, 0.6) is 5.88 Å². The van der Waals surface area contributed by atoms with Gasteiger partial charge >= 0.3 is 0 Å². The molecule has 4 aromatic rings. The molecule has 0 N–H and O–H groups in total. The van der Waals surface area contributed by atoms with E-state index in [1.54, 1.807) is 4.90 Å². The van der Waals surface area contributed by atoms with Gasteiger partial charge in [-0.15, -0.1) is 10.2 Å². The molecule has 0 unspecified atom stereocenters. The van der Waals surface area contributed by atoms with E-state index in [1.165, 1.54) is 18.7 Å². The normalized spacial score (nSPS) is 14.8. The molecule has 1 atom stereocenters. The zero-order valence-corrected chi connectivity index (χ0v) is 19.6. The highest BCUT2D eigenvalue weighted by molar-refractivity contribution is 9.10. The standard InChI is InChI=1S/C23H17BrN4O3S/c1-13(29)28-17-6-4-3-5-16(17)20-21(25-23(32-2)27-26-20)31-22(28)19-12-11-18(30-19)14-7-9-15(24)10-8-14/h3-12,22H,1-2H3/t22-/m1/s1. The summed E-state index contributed by atoms with van der Waals surface area (Å²) >= 11 is 4.81. The Labute approximate surface area is 197 Å². The number of anilines is 1. The summed E-state index contributed by atoms with van der Waals surface area (Å²) in [6.07, 6.45) is 1.01. The number of nitrogens with zero attached hydrogens (tertiary/aromatic N) is 4. The second-order valence-electron chi connectivity index (χ2n) is 7.04. The van der Waals surface area contributed by atoms with E-state index < -0.39 is 6.23 Å². The third kappa shape index (κ3) is 3.67. The number of thioether (sulfide) groups is 1. The van der Waals surface area contributed by atoms with Crippen LogP contribution in [0.25, 0.3) is 22.6 Å². The van der Waals surface area contributed by atoms with E-state index in [1.807, 2.05) is 66.9 Å². The number of amides is 1. The van der Waals surface area contributed by atoms with Crippen LogP contribution in [0.2, 0.25) is 0 Å². The lowest BCUT2D eigenvalue weighted by Crippen LogP contribution is -2.35. The van der Waals surface area contributed by atoms with E-state index >= 15 is 0 Å². The lowest BCUT2D eigenvalue weighted by atomic mass is 10.1. The second-order valence-corrected chi connectivity index (χ2v) is 8.73. The van der Waals surface area contributed by atoms with Crippen molar-refractivity contribution in [2.75, 3.05) is 11.2 Å². The molecule has 0 radical (unpaired) electrons. The topological polar surface area (TPSA) is 81.3 Å². The van der Waals surface area contributed by atoms with Crippen LogP contribution in [0.15, 0.2) is 74.7 Å². The summed E-state index contributed by atoms with van der Waals surface area (Å²) in [4.78, 5) is 18.9. The predicted molar refractivity (Wildman–Crippen MR) is 125 cm³/mol. The smallest absolute Gasteiger partial charge is 0.247 e. The first kappa shape index (κ1) is 20.7. The van der Waals surface area contributed by atoms with Gasteiger partial charge in [-0.25, -0.2) is 0 Å². The number of benzene rings is 2. The van der Waals surface area contributed by atoms with Crippen LogP contribution in [0.1, 0.15) is 18.9 Å². The summed E-state index contributed by atoms with van der Waals surface area (Å²) in [5, 5.41) is 8.98. The van der Waals surface area contributed by atoms with Gasteiger partial charge in [-0.3, -0.25) is 9.69 Å². The number of hydrogen-bond donors (Lipinski definition) is 0. The molecule has 0 spiro atoms. The van der Waals surface area contributed by atoms with Gasteiger partial charge in [0.25, 0.3) is 0 Å². The molecule has 7 nitrogen and oxygen atoms in total. The minimum atomic E-state index is -0.856. The van der Waals surface area contributed by atoms with Crippen LogP contribution in [-0.4, -0.2) is 27.3 Å². The van der Waals surface area contributed by atoms with Gasteiger partial charge in [-0.05, 0) is 36.6 Å². The zero-order valence-electron chi connectivity index (χ0n) is 17.2. The van der Waals surface area contributed by atoms with E-state index in [0.717, 1.165) is 10.0 Å². The molecule has 2 aromatic carbocycles. The first-order valence-electron chi connectivity index (χ1n) is 9.75. The van der Waals surface area contributed by atoms with E-state index in [-0.39, 0.29) is 5.91 Å². The Morgan fingerprint density at radius 1 is 1.06 bits per heavy atom. The molecule has 32 heavy (non-hydrogen) atoms. The molecular weight excluding hydrogens is 492 g/mol. The van der Waals surface area contributed by atoms with Gasteiger partial charge in [0.05, 0.1) is 5.69 Å². The highest BCUT2D eigenvalue weighted by atomic mass is 79.9. The molecule has 0 aliphatic carbocycles. The van der Waals surface area contributed by atoms with Crippen molar-refractivity contribution < 1.29 is 13.9 Å². The number of halogens is 1. The van der Waals surface area contributed by atoms with Crippen molar-refractivity contribution in [3.8, 4) is 28.5 Å². The number of para-hydroxylation sites is 1. The quantitative estimate of drug-likeness (QED) is 0.327. The molecule has 1 aliphatic rings. The summed E-state index contributed by atoms with van der Waals surface area (Å²) in [7, 11) is 0. The van der Waals surface area contributed by atoms with Crippen LogP contribution in [0.4, 0.5) is 5.69 Å². The van der Waals surface area contributed by atoms with Crippen LogP contribution < -0.4 is 9.64 Å². The molecule has 0 saturated heterocycles. The lowest BCUT2D eigenvalue weighted by molar-refractivity contribution is -0.118. The van der Waals surface area contributed by atoms with Crippen molar-refractivity contribution in [1.29, 1.82) is 0 Å². The Balaban J connectivity index is 1.66. The highest BCUT2D eigenvalue weighted by Crippen LogP contribution is 2.44. The summed E-state index contributed by atoms with van der Waals surface area (Å²) in [6, 6.07) is 18.9. The maximum atomic E-state index is 12.8. The van der Waals surface area contributed by atoms with Crippen LogP contribution in [0, 0.1) is 0 Å². The van der Waals surface area contributed by atoms with Crippen molar-refractivity contribution in [1.82, 2.24) is 15.2 Å². The van der Waals surface area contributed by atoms with Gasteiger partial charge in [0.2, 0.25) is 23.2 Å². The fourth-order valence-corrected chi connectivity index (χ4v) is 4.14. The second kappa shape index (κ2) is 8.40. The highest BCUT2D eigenvalue weighted by Gasteiger charge is 2.36. The number of hydrogen-bond acceptors (Lipinski definition) is 7. The molecule has 3 heterocycles. The van der Waals surface area contributed by atoms with Crippen molar-refractivity contribution in [3.05, 3.63) is 70.9 Å². The van der Waals surface area contributed by atoms with Crippen molar-refractivity contribution in [2.45, 2.75) is 18.3 Å². The van der Waals surface area contributed by atoms with E-state index in [2.05, 4.69) is 31.1 Å².